The van der Waals surface area contributed by atoms with Crippen molar-refractivity contribution in [3.63, 3.8) is 0 Å². The van der Waals surface area contributed by atoms with Gasteiger partial charge < -0.3 is 10.2 Å². The van der Waals surface area contributed by atoms with Crippen LogP contribution in [0.3, 0.4) is 0 Å². The SMILES string of the molecule is CCCNCC1CCN(CCc2cnn(C)c2)CC1. The van der Waals surface area contributed by atoms with Crippen LogP contribution in [0.1, 0.15) is 31.7 Å². The van der Waals surface area contributed by atoms with Crippen LogP contribution in [-0.4, -0.2) is 47.4 Å². The van der Waals surface area contributed by atoms with Gasteiger partial charge in [0.1, 0.15) is 0 Å². The minimum absolute atomic E-state index is 0.890. The first kappa shape index (κ1) is 14.5. The predicted octanol–water partition coefficient (Wildman–Crippen LogP) is 1.67. The normalized spacial score (nSPS) is 18.0. The van der Waals surface area contributed by atoms with E-state index in [1.54, 1.807) is 0 Å². The molecule has 108 valence electrons. The van der Waals surface area contributed by atoms with Gasteiger partial charge in [-0.15, -0.1) is 0 Å². The fraction of sp³-hybridized carbons (Fsp3) is 0.800. The van der Waals surface area contributed by atoms with Crippen molar-refractivity contribution in [2.75, 3.05) is 32.7 Å². The third kappa shape index (κ3) is 4.96. The molecular formula is C15H28N4. The molecule has 1 N–H and O–H groups in total. The van der Waals surface area contributed by atoms with Gasteiger partial charge in [-0.3, -0.25) is 4.68 Å². The average molecular weight is 264 g/mol. The molecule has 0 spiro atoms. The Kier molecular flexibility index (Phi) is 5.86. The maximum Gasteiger partial charge on any atom is 0.0522 e. The summed E-state index contributed by atoms with van der Waals surface area (Å²) in [7, 11) is 1.98. The first-order chi connectivity index (χ1) is 9.28. The van der Waals surface area contributed by atoms with E-state index in [0.29, 0.717) is 0 Å². The second-order valence-electron chi connectivity index (χ2n) is 5.76. The van der Waals surface area contributed by atoms with Crippen LogP contribution in [0.25, 0.3) is 0 Å². The van der Waals surface area contributed by atoms with Gasteiger partial charge in [0.15, 0.2) is 0 Å². The van der Waals surface area contributed by atoms with Crippen molar-refractivity contribution in [3.8, 4) is 0 Å². The first-order valence-electron chi connectivity index (χ1n) is 7.68. The Labute approximate surface area is 117 Å². The summed E-state index contributed by atoms with van der Waals surface area (Å²) in [6.45, 7) is 8.32. The van der Waals surface area contributed by atoms with E-state index in [0.717, 1.165) is 12.3 Å². The molecule has 0 radical (unpaired) electrons. The number of hydrogen-bond donors (Lipinski definition) is 1. The van der Waals surface area contributed by atoms with Crippen LogP contribution >= 0.6 is 0 Å². The van der Waals surface area contributed by atoms with E-state index in [1.807, 2.05) is 17.9 Å². The van der Waals surface area contributed by atoms with Crippen LogP contribution in [0, 0.1) is 5.92 Å². The molecule has 0 bridgehead atoms. The number of nitrogens with one attached hydrogen (secondary N) is 1. The van der Waals surface area contributed by atoms with Crippen LogP contribution in [0.2, 0.25) is 0 Å². The highest BCUT2D eigenvalue weighted by Gasteiger charge is 2.18. The van der Waals surface area contributed by atoms with Gasteiger partial charge >= 0.3 is 0 Å². The summed E-state index contributed by atoms with van der Waals surface area (Å²) in [5, 5.41) is 7.77. The highest BCUT2D eigenvalue weighted by atomic mass is 15.2. The van der Waals surface area contributed by atoms with Crippen LogP contribution in [0.4, 0.5) is 0 Å². The molecule has 2 heterocycles. The van der Waals surface area contributed by atoms with Gasteiger partial charge in [-0.2, -0.15) is 5.10 Å². The third-order valence-electron chi connectivity index (χ3n) is 4.04. The van der Waals surface area contributed by atoms with E-state index in [2.05, 4.69) is 28.4 Å². The Morgan fingerprint density at radius 1 is 1.37 bits per heavy atom. The Balaban J connectivity index is 1.60. The molecule has 4 heteroatoms. The molecule has 19 heavy (non-hydrogen) atoms. The highest BCUT2D eigenvalue weighted by molar-refractivity contribution is 5.04. The van der Waals surface area contributed by atoms with Crippen molar-refractivity contribution < 1.29 is 0 Å². The van der Waals surface area contributed by atoms with Crippen molar-refractivity contribution >= 4 is 0 Å². The molecule has 1 fully saturated rings. The Hall–Kier alpha value is -0.870. The van der Waals surface area contributed by atoms with Gasteiger partial charge in [-0.05, 0) is 63.3 Å². The molecular weight excluding hydrogens is 236 g/mol. The van der Waals surface area contributed by atoms with Crippen molar-refractivity contribution in [2.24, 2.45) is 13.0 Å². The number of aryl methyl sites for hydroxylation is 1. The van der Waals surface area contributed by atoms with Crippen LogP contribution in [0.15, 0.2) is 12.4 Å². The lowest BCUT2D eigenvalue weighted by molar-refractivity contribution is 0.184. The zero-order chi connectivity index (χ0) is 13.5. The summed E-state index contributed by atoms with van der Waals surface area (Å²) < 4.78 is 1.89. The maximum absolute atomic E-state index is 4.22. The minimum atomic E-state index is 0.890. The number of rotatable bonds is 7. The lowest BCUT2D eigenvalue weighted by atomic mass is 9.96. The number of likely N-dealkylation sites (tertiary alicyclic amines) is 1. The van der Waals surface area contributed by atoms with Crippen LogP contribution < -0.4 is 5.32 Å². The third-order valence-corrected chi connectivity index (χ3v) is 4.04. The fourth-order valence-corrected chi connectivity index (χ4v) is 2.79. The van der Waals surface area contributed by atoms with E-state index in [1.165, 1.54) is 57.5 Å². The summed E-state index contributed by atoms with van der Waals surface area (Å²) in [6.07, 6.45) is 9.19. The second kappa shape index (κ2) is 7.65. The average Bonchev–Trinajstić information content (AvgIpc) is 2.84. The molecule has 0 amide bonds. The standard InChI is InChI=1S/C15H28N4/c1-3-7-16-11-14-4-8-19(9-5-14)10-6-15-12-17-18(2)13-15/h12-14,16H,3-11H2,1-2H3. The van der Waals surface area contributed by atoms with Gasteiger partial charge in [0.25, 0.3) is 0 Å². The molecule has 0 aliphatic carbocycles. The molecule has 1 aromatic rings. The minimum Gasteiger partial charge on any atom is -0.316 e. The summed E-state index contributed by atoms with van der Waals surface area (Å²) in [5.74, 6) is 0.890. The monoisotopic (exact) mass is 264 g/mol. The van der Waals surface area contributed by atoms with E-state index >= 15 is 0 Å². The smallest absolute Gasteiger partial charge is 0.0522 e. The van der Waals surface area contributed by atoms with Crippen molar-refractivity contribution in [3.05, 3.63) is 18.0 Å². The highest BCUT2D eigenvalue weighted by Crippen LogP contribution is 2.16. The molecule has 0 aromatic carbocycles. The van der Waals surface area contributed by atoms with Gasteiger partial charge in [0.05, 0.1) is 6.20 Å². The maximum atomic E-state index is 4.22. The Morgan fingerprint density at radius 2 is 2.16 bits per heavy atom. The first-order valence-corrected chi connectivity index (χ1v) is 7.68. The predicted molar refractivity (Wildman–Crippen MR) is 79.2 cm³/mol. The van der Waals surface area contributed by atoms with Crippen LogP contribution in [-0.2, 0) is 13.5 Å². The number of aromatic nitrogens is 2. The molecule has 0 atom stereocenters. The largest absolute Gasteiger partial charge is 0.316 e. The quantitative estimate of drug-likeness (QED) is 0.761. The lowest BCUT2D eigenvalue weighted by Gasteiger charge is -2.32. The Morgan fingerprint density at radius 3 is 2.79 bits per heavy atom. The summed E-state index contributed by atoms with van der Waals surface area (Å²) >= 11 is 0. The zero-order valence-corrected chi connectivity index (χ0v) is 12.4. The molecule has 0 saturated carbocycles. The van der Waals surface area contributed by atoms with Gasteiger partial charge in [0, 0.05) is 19.8 Å². The second-order valence-corrected chi connectivity index (χ2v) is 5.76. The molecule has 1 aliphatic heterocycles. The van der Waals surface area contributed by atoms with E-state index in [4.69, 9.17) is 0 Å². The lowest BCUT2D eigenvalue weighted by Crippen LogP contribution is -2.38. The molecule has 1 aliphatic rings. The van der Waals surface area contributed by atoms with Crippen LogP contribution in [0.5, 0.6) is 0 Å². The topological polar surface area (TPSA) is 33.1 Å². The molecule has 4 nitrogen and oxygen atoms in total. The van der Waals surface area contributed by atoms with E-state index in [9.17, 15) is 0 Å². The van der Waals surface area contributed by atoms with E-state index in [-0.39, 0.29) is 0 Å². The van der Waals surface area contributed by atoms with E-state index < -0.39 is 0 Å². The molecule has 1 saturated heterocycles. The summed E-state index contributed by atoms with van der Waals surface area (Å²) in [6, 6.07) is 0. The number of hydrogen-bond acceptors (Lipinski definition) is 3. The van der Waals surface area contributed by atoms with Gasteiger partial charge in [-0.25, -0.2) is 0 Å². The van der Waals surface area contributed by atoms with Crippen molar-refractivity contribution in [1.29, 1.82) is 0 Å². The van der Waals surface area contributed by atoms with Gasteiger partial charge in [-0.1, -0.05) is 6.92 Å². The number of piperidine rings is 1. The zero-order valence-electron chi connectivity index (χ0n) is 12.4. The van der Waals surface area contributed by atoms with Crippen molar-refractivity contribution in [1.82, 2.24) is 20.0 Å². The molecule has 1 aromatic heterocycles. The molecule has 0 unspecified atom stereocenters. The number of nitrogens with zero attached hydrogens (tertiary/aromatic N) is 3. The fourth-order valence-electron chi connectivity index (χ4n) is 2.79. The summed E-state index contributed by atoms with van der Waals surface area (Å²) in [5.41, 5.74) is 1.36. The van der Waals surface area contributed by atoms with Crippen molar-refractivity contribution in [2.45, 2.75) is 32.6 Å². The summed E-state index contributed by atoms with van der Waals surface area (Å²) in [4.78, 5) is 2.60. The molecule has 2 rings (SSSR count). The van der Waals surface area contributed by atoms with Gasteiger partial charge in [0.2, 0.25) is 0 Å². The Bertz CT molecular complexity index is 353.